The zero-order valence-corrected chi connectivity index (χ0v) is 17.3. The highest BCUT2D eigenvalue weighted by Gasteiger charge is 2.33. The summed E-state index contributed by atoms with van der Waals surface area (Å²) in [4.78, 5) is 25.4. The second kappa shape index (κ2) is 8.25. The Bertz CT molecular complexity index is 1020. The van der Waals surface area contributed by atoms with E-state index >= 15 is 0 Å². The highest BCUT2D eigenvalue weighted by Crippen LogP contribution is 2.24. The van der Waals surface area contributed by atoms with Crippen LogP contribution in [-0.2, 0) is 0 Å². The molecule has 0 aliphatic carbocycles. The summed E-state index contributed by atoms with van der Waals surface area (Å²) in [6, 6.07) is 16.0. The molecule has 0 spiro atoms. The van der Waals surface area contributed by atoms with Crippen molar-refractivity contribution < 1.29 is 4.79 Å². The number of piperazine rings is 1. The molecule has 2 aromatic carbocycles. The van der Waals surface area contributed by atoms with Crippen molar-refractivity contribution in [2.24, 2.45) is 5.92 Å². The second-order valence-corrected chi connectivity index (χ2v) is 7.96. The van der Waals surface area contributed by atoms with Gasteiger partial charge in [-0.1, -0.05) is 44.2 Å². The van der Waals surface area contributed by atoms with E-state index in [2.05, 4.69) is 40.1 Å². The smallest absolute Gasteiger partial charge is 0.322 e. The summed E-state index contributed by atoms with van der Waals surface area (Å²) < 4.78 is 0. The zero-order chi connectivity index (χ0) is 20.4. The summed E-state index contributed by atoms with van der Waals surface area (Å²) in [6.45, 7) is 6.29. The number of fused-ring (bicyclic) bond motifs is 1. The second-order valence-electron chi connectivity index (χ2n) is 7.63. The van der Waals surface area contributed by atoms with Crippen LogP contribution >= 0.6 is 11.6 Å². The Morgan fingerprint density at radius 2 is 1.93 bits per heavy atom. The maximum Gasteiger partial charge on any atom is 0.322 e. The van der Waals surface area contributed by atoms with Crippen LogP contribution in [0.15, 0.2) is 54.7 Å². The van der Waals surface area contributed by atoms with Crippen LogP contribution in [0.5, 0.6) is 0 Å². The van der Waals surface area contributed by atoms with Crippen LogP contribution in [0, 0.1) is 5.92 Å². The monoisotopic (exact) mass is 409 g/mol. The SMILES string of the molecule is CC(C)C1CN(c2ccnc(Cl)n2)CCN1C(=O)Nc1ccc2ccccc2c1. The van der Waals surface area contributed by atoms with Gasteiger partial charge in [0.2, 0.25) is 5.28 Å². The highest BCUT2D eigenvalue weighted by molar-refractivity contribution is 6.28. The summed E-state index contributed by atoms with van der Waals surface area (Å²) in [5.74, 6) is 1.10. The van der Waals surface area contributed by atoms with E-state index in [0.717, 1.165) is 22.3 Å². The molecule has 1 fully saturated rings. The lowest BCUT2D eigenvalue weighted by Gasteiger charge is -2.43. The predicted molar refractivity (Wildman–Crippen MR) is 118 cm³/mol. The van der Waals surface area contributed by atoms with E-state index < -0.39 is 0 Å². The van der Waals surface area contributed by atoms with Crippen LogP contribution in [0.4, 0.5) is 16.3 Å². The van der Waals surface area contributed by atoms with Gasteiger partial charge in [0.1, 0.15) is 5.82 Å². The first-order valence-electron chi connectivity index (χ1n) is 9.81. The standard InChI is InChI=1S/C22H24ClN5O/c1-15(2)19-14-27(20-9-10-24-21(23)26-20)11-12-28(19)22(29)25-18-8-7-16-5-3-4-6-17(16)13-18/h3-10,13,15,19H,11-12,14H2,1-2H3,(H,25,29). The number of halogens is 1. The summed E-state index contributed by atoms with van der Waals surface area (Å²) >= 11 is 5.95. The molecule has 0 bridgehead atoms. The van der Waals surface area contributed by atoms with E-state index in [-0.39, 0.29) is 17.4 Å². The fraction of sp³-hybridized carbons (Fsp3) is 0.318. The van der Waals surface area contributed by atoms with Gasteiger partial charge in [-0.05, 0) is 46.5 Å². The normalized spacial score (nSPS) is 17.0. The van der Waals surface area contributed by atoms with Crippen LogP contribution in [0.3, 0.4) is 0 Å². The van der Waals surface area contributed by atoms with Gasteiger partial charge in [0, 0.05) is 31.5 Å². The van der Waals surface area contributed by atoms with Gasteiger partial charge in [0.05, 0.1) is 6.04 Å². The first kappa shape index (κ1) is 19.5. The van der Waals surface area contributed by atoms with Crippen molar-refractivity contribution in [3.8, 4) is 0 Å². The van der Waals surface area contributed by atoms with E-state index in [1.165, 1.54) is 0 Å². The van der Waals surface area contributed by atoms with Crippen LogP contribution in [-0.4, -0.2) is 46.6 Å². The number of aromatic nitrogens is 2. The molecular weight excluding hydrogens is 386 g/mol. The Kier molecular flexibility index (Phi) is 5.53. The third-order valence-electron chi connectivity index (χ3n) is 5.39. The summed E-state index contributed by atoms with van der Waals surface area (Å²) in [6.07, 6.45) is 1.66. The fourth-order valence-corrected chi connectivity index (χ4v) is 3.95. The molecule has 6 nitrogen and oxygen atoms in total. The van der Waals surface area contributed by atoms with Gasteiger partial charge in [-0.2, -0.15) is 0 Å². The largest absolute Gasteiger partial charge is 0.353 e. The summed E-state index contributed by atoms with van der Waals surface area (Å²) in [7, 11) is 0. The minimum Gasteiger partial charge on any atom is -0.353 e. The van der Waals surface area contributed by atoms with E-state index in [1.54, 1.807) is 6.20 Å². The van der Waals surface area contributed by atoms with Crippen molar-refractivity contribution in [1.82, 2.24) is 14.9 Å². The number of amides is 2. The molecule has 1 unspecified atom stereocenters. The van der Waals surface area contributed by atoms with Crippen LogP contribution < -0.4 is 10.2 Å². The molecule has 2 heterocycles. The third-order valence-corrected chi connectivity index (χ3v) is 5.57. The molecule has 1 N–H and O–H groups in total. The van der Waals surface area contributed by atoms with E-state index in [0.29, 0.717) is 25.6 Å². The molecule has 1 saturated heterocycles. The van der Waals surface area contributed by atoms with Crippen molar-refractivity contribution in [1.29, 1.82) is 0 Å². The number of nitrogens with zero attached hydrogens (tertiary/aromatic N) is 4. The van der Waals surface area contributed by atoms with Crippen LogP contribution in [0.1, 0.15) is 13.8 Å². The van der Waals surface area contributed by atoms with E-state index in [1.807, 2.05) is 47.4 Å². The van der Waals surface area contributed by atoms with Gasteiger partial charge in [-0.25, -0.2) is 14.8 Å². The van der Waals surface area contributed by atoms with Gasteiger partial charge in [0.25, 0.3) is 0 Å². The molecule has 2 amide bonds. The topological polar surface area (TPSA) is 61.4 Å². The predicted octanol–water partition coefficient (Wildman–Crippen LogP) is 4.66. The number of carbonyl (C=O) groups is 1. The number of rotatable bonds is 3. The molecule has 7 heteroatoms. The lowest BCUT2D eigenvalue weighted by Crippen LogP contribution is -2.58. The van der Waals surface area contributed by atoms with Crippen molar-refractivity contribution >= 4 is 39.9 Å². The van der Waals surface area contributed by atoms with Crippen LogP contribution in [0.25, 0.3) is 10.8 Å². The number of urea groups is 1. The molecule has 1 aliphatic rings. The molecule has 1 aliphatic heterocycles. The molecule has 0 radical (unpaired) electrons. The molecule has 3 aromatic rings. The Balaban J connectivity index is 1.50. The van der Waals surface area contributed by atoms with Crippen molar-refractivity contribution in [3.05, 3.63) is 60.0 Å². The quantitative estimate of drug-likeness (QED) is 0.639. The number of benzene rings is 2. The van der Waals surface area contributed by atoms with Crippen molar-refractivity contribution in [2.45, 2.75) is 19.9 Å². The molecule has 29 heavy (non-hydrogen) atoms. The lowest BCUT2D eigenvalue weighted by molar-refractivity contribution is 0.156. The average molecular weight is 410 g/mol. The minimum absolute atomic E-state index is 0.0675. The number of hydrogen-bond donors (Lipinski definition) is 1. The zero-order valence-electron chi connectivity index (χ0n) is 16.5. The van der Waals surface area contributed by atoms with Crippen LogP contribution in [0.2, 0.25) is 5.28 Å². The Morgan fingerprint density at radius 3 is 2.69 bits per heavy atom. The first-order chi connectivity index (χ1) is 14.0. The molecule has 150 valence electrons. The molecule has 4 rings (SSSR count). The van der Waals surface area contributed by atoms with Gasteiger partial charge in [-0.3, -0.25) is 0 Å². The minimum atomic E-state index is -0.0700. The van der Waals surface area contributed by atoms with Crippen molar-refractivity contribution in [2.75, 3.05) is 29.9 Å². The molecule has 1 atom stereocenters. The number of anilines is 2. The number of carbonyl (C=O) groups excluding carboxylic acids is 1. The van der Waals surface area contributed by atoms with Gasteiger partial charge < -0.3 is 15.1 Å². The molecule has 1 aromatic heterocycles. The maximum absolute atomic E-state index is 13.1. The van der Waals surface area contributed by atoms with Gasteiger partial charge >= 0.3 is 6.03 Å². The Morgan fingerprint density at radius 1 is 1.14 bits per heavy atom. The van der Waals surface area contributed by atoms with Crippen molar-refractivity contribution in [3.63, 3.8) is 0 Å². The van der Waals surface area contributed by atoms with Gasteiger partial charge in [-0.15, -0.1) is 0 Å². The molecular formula is C22H24ClN5O. The molecule has 0 saturated carbocycles. The fourth-order valence-electron chi connectivity index (χ4n) is 3.81. The number of hydrogen-bond acceptors (Lipinski definition) is 4. The van der Waals surface area contributed by atoms with Gasteiger partial charge in [0.15, 0.2) is 0 Å². The first-order valence-corrected chi connectivity index (χ1v) is 10.2. The third kappa shape index (κ3) is 4.27. The average Bonchev–Trinajstić information content (AvgIpc) is 2.73. The Labute approximate surface area is 175 Å². The lowest BCUT2D eigenvalue weighted by atomic mass is 10.00. The highest BCUT2D eigenvalue weighted by atomic mass is 35.5. The summed E-state index contributed by atoms with van der Waals surface area (Å²) in [5, 5.41) is 5.57. The number of nitrogens with one attached hydrogen (secondary N) is 1. The van der Waals surface area contributed by atoms with E-state index in [9.17, 15) is 4.79 Å². The maximum atomic E-state index is 13.1. The Hall–Kier alpha value is -2.86. The summed E-state index contributed by atoms with van der Waals surface area (Å²) in [5.41, 5.74) is 0.807. The van der Waals surface area contributed by atoms with E-state index in [4.69, 9.17) is 11.6 Å².